The Morgan fingerprint density at radius 2 is 1.91 bits per heavy atom. The van der Waals surface area contributed by atoms with Gasteiger partial charge in [0.1, 0.15) is 5.75 Å². The molecule has 1 heterocycles. The molecule has 0 atom stereocenters. The molecule has 9 heteroatoms. The summed E-state index contributed by atoms with van der Waals surface area (Å²) in [6.07, 6.45) is 0. The fourth-order valence-electron chi connectivity index (χ4n) is 3.58. The number of nitrogens with zero attached hydrogens (tertiary/aromatic N) is 3. The molecule has 2 aromatic rings. The summed E-state index contributed by atoms with van der Waals surface area (Å²) in [7, 11) is 1.59. The van der Waals surface area contributed by atoms with E-state index in [4.69, 9.17) is 21.3 Å². The SMILES string of the molecule is CCNC(=NCc1ccc(OC)c(NC(C)=O)c1)N1CCN(c2cccc(Cl)c2)CC1.I. The number of carbonyl (C=O) groups is 1. The van der Waals surface area contributed by atoms with Gasteiger partial charge in [-0.2, -0.15) is 0 Å². The van der Waals surface area contributed by atoms with Crippen molar-refractivity contribution in [3.05, 3.63) is 53.1 Å². The van der Waals surface area contributed by atoms with Crippen molar-refractivity contribution in [2.75, 3.05) is 50.1 Å². The van der Waals surface area contributed by atoms with Crippen molar-refractivity contribution in [3.8, 4) is 5.75 Å². The third-order valence-electron chi connectivity index (χ3n) is 5.07. The molecule has 32 heavy (non-hydrogen) atoms. The van der Waals surface area contributed by atoms with E-state index >= 15 is 0 Å². The number of hydrogen-bond acceptors (Lipinski definition) is 4. The summed E-state index contributed by atoms with van der Waals surface area (Å²) in [5.74, 6) is 1.39. The summed E-state index contributed by atoms with van der Waals surface area (Å²) >= 11 is 6.14. The molecule has 0 aromatic heterocycles. The lowest BCUT2D eigenvalue weighted by atomic mass is 10.2. The average Bonchev–Trinajstić information content (AvgIpc) is 2.76. The van der Waals surface area contributed by atoms with Crippen molar-refractivity contribution in [1.82, 2.24) is 10.2 Å². The highest BCUT2D eigenvalue weighted by atomic mass is 127. The second-order valence-corrected chi connectivity index (χ2v) is 7.78. The van der Waals surface area contributed by atoms with Crippen LogP contribution in [0.1, 0.15) is 19.4 Å². The zero-order valence-corrected chi connectivity index (χ0v) is 21.8. The molecule has 1 saturated heterocycles. The highest BCUT2D eigenvalue weighted by molar-refractivity contribution is 14.0. The highest BCUT2D eigenvalue weighted by Crippen LogP contribution is 2.26. The fraction of sp³-hybridized carbons (Fsp3) is 0.391. The largest absolute Gasteiger partial charge is 0.495 e. The zero-order valence-electron chi connectivity index (χ0n) is 18.7. The van der Waals surface area contributed by atoms with Gasteiger partial charge in [0.05, 0.1) is 19.3 Å². The van der Waals surface area contributed by atoms with Crippen LogP contribution in [0.4, 0.5) is 11.4 Å². The van der Waals surface area contributed by atoms with Gasteiger partial charge in [0.25, 0.3) is 0 Å². The molecule has 0 radical (unpaired) electrons. The standard InChI is InChI=1S/C23H30ClN5O2.HI/c1-4-25-23(26-16-18-8-9-22(31-3)21(14-18)27-17(2)30)29-12-10-28(11-13-29)20-7-5-6-19(24)15-20;/h5-9,14-15H,4,10-13,16H2,1-3H3,(H,25,26)(H,27,30);1H. The predicted octanol–water partition coefficient (Wildman–Crippen LogP) is 4.21. The molecule has 0 aliphatic carbocycles. The van der Waals surface area contributed by atoms with Crippen molar-refractivity contribution < 1.29 is 9.53 Å². The zero-order chi connectivity index (χ0) is 22.2. The van der Waals surface area contributed by atoms with Gasteiger partial charge in [-0.25, -0.2) is 4.99 Å². The number of amides is 1. The van der Waals surface area contributed by atoms with Gasteiger partial charge in [-0.15, -0.1) is 24.0 Å². The second-order valence-electron chi connectivity index (χ2n) is 7.34. The van der Waals surface area contributed by atoms with Gasteiger partial charge in [0.15, 0.2) is 5.96 Å². The van der Waals surface area contributed by atoms with Crippen LogP contribution < -0.4 is 20.3 Å². The number of benzene rings is 2. The summed E-state index contributed by atoms with van der Waals surface area (Å²) in [6.45, 7) is 8.41. The maximum absolute atomic E-state index is 11.5. The molecule has 1 amide bonds. The first-order valence-corrected chi connectivity index (χ1v) is 10.9. The fourth-order valence-corrected chi connectivity index (χ4v) is 3.77. The number of rotatable bonds is 6. The van der Waals surface area contributed by atoms with Crippen molar-refractivity contribution >= 4 is 58.8 Å². The Labute approximate surface area is 212 Å². The molecular weight excluding hydrogens is 541 g/mol. The summed E-state index contributed by atoms with van der Waals surface area (Å²) in [5, 5.41) is 6.97. The molecule has 174 valence electrons. The van der Waals surface area contributed by atoms with Gasteiger partial charge in [-0.05, 0) is 42.8 Å². The van der Waals surface area contributed by atoms with Gasteiger partial charge in [0, 0.05) is 50.4 Å². The summed E-state index contributed by atoms with van der Waals surface area (Å²) < 4.78 is 5.33. The Balaban J connectivity index is 0.00000363. The smallest absolute Gasteiger partial charge is 0.221 e. The molecular formula is C23H31ClIN5O2. The molecule has 2 aromatic carbocycles. The lowest BCUT2D eigenvalue weighted by molar-refractivity contribution is -0.114. The quantitative estimate of drug-likeness (QED) is 0.309. The van der Waals surface area contributed by atoms with E-state index in [1.54, 1.807) is 7.11 Å². The second kappa shape index (κ2) is 12.7. The minimum absolute atomic E-state index is 0. The minimum atomic E-state index is -0.134. The predicted molar refractivity (Wildman–Crippen MR) is 143 cm³/mol. The van der Waals surface area contributed by atoms with E-state index < -0.39 is 0 Å². The third-order valence-corrected chi connectivity index (χ3v) is 5.31. The van der Waals surface area contributed by atoms with Gasteiger partial charge >= 0.3 is 0 Å². The topological polar surface area (TPSA) is 69.2 Å². The van der Waals surface area contributed by atoms with E-state index in [-0.39, 0.29) is 29.9 Å². The van der Waals surface area contributed by atoms with E-state index in [9.17, 15) is 4.79 Å². The Morgan fingerprint density at radius 3 is 2.53 bits per heavy atom. The third kappa shape index (κ3) is 7.16. The van der Waals surface area contributed by atoms with Crippen LogP contribution in [0.5, 0.6) is 5.75 Å². The van der Waals surface area contributed by atoms with E-state index in [1.807, 2.05) is 36.4 Å². The molecule has 0 saturated carbocycles. The molecule has 3 rings (SSSR count). The van der Waals surface area contributed by atoms with Crippen molar-refractivity contribution in [2.45, 2.75) is 20.4 Å². The van der Waals surface area contributed by atoms with E-state index in [0.29, 0.717) is 18.0 Å². The number of aliphatic imine (C=N–C) groups is 1. The lowest BCUT2D eigenvalue weighted by Crippen LogP contribution is -2.52. The Hall–Kier alpha value is -2.20. The Morgan fingerprint density at radius 1 is 1.16 bits per heavy atom. The van der Waals surface area contributed by atoms with E-state index in [0.717, 1.165) is 55.0 Å². The molecule has 0 bridgehead atoms. The first kappa shape index (κ1) is 26.1. The van der Waals surface area contributed by atoms with E-state index in [2.05, 4.69) is 33.4 Å². The van der Waals surface area contributed by atoms with Crippen LogP contribution >= 0.6 is 35.6 Å². The molecule has 0 unspecified atom stereocenters. The van der Waals surface area contributed by atoms with Crippen molar-refractivity contribution in [1.29, 1.82) is 0 Å². The molecule has 1 aliphatic heterocycles. The van der Waals surface area contributed by atoms with Crippen LogP contribution in [0.3, 0.4) is 0 Å². The monoisotopic (exact) mass is 571 g/mol. The number of ether oxygens (including phenoxy) is 1. The number of piperazine rings is 1. The maximum Gasteiger partial charge on any atom is 0.221 e. The Kier molecular flexibility index (Phi) is 10.4. The highest BCUT2D eigenvalue weighted by Gasteiger charge is 2.20. The first-order chi connectivity index (χ1) is 15.0. The van der Waals surface area contributed by atoms with E-state index in [1.165, 1.54) is 6.92 Å². The minimum Gasteiger partial charge on any atom is -0.495 e. The molecule has 2 N–H and O–H groups in total. The van der Waals surface area contributed by atoms with Crippen LogP contribution in [0, 0.1) is 0 Å². The normalized spacial score (nSPS) is 13.9. The number of hydrogen-bond donors (Lipinski definition) is 2. The summed E-state index contributed by atoms with van der Waals surface area (Å²) in [5.41, 5.74) is 2.80. The van der Waals surface area contributed by atoms with Crippen molar-refractivity contribution in [2.24, 2.45) is 4.99 Å². The number of nitrogens with one attached hydrogen (secondary N) is 2. The number of halogens is 2. The van der Waals surface area contributed by atoms with Crippen LogP contribution in [0.2, 0.25) is 5.02 Å². The molecule has 1 aliphatic rings. The molecule has 7 nitrogen and oxygen atoms in total. The van der Waals surface area contributed by atoms with Crippen LogP contribution in [-0.4, -0.2) is 56.6 Å². The molecule has 0 spiro atoms. The lowest BCUT2D eigenvalue weighted by Gasteiger charge is -2.37. The average molecular weight is 572 g/mol. The van der Waals surface area contributed by atoms with Gasteiger partial charge in [-0.1, -0.05) is 23.7 Å². The number of methoxy groups -OCH3 is 1. The number of anilines is 2. The van der Waals surface area contributed by atoms with Crippen molar-refractivity contribution in [3.63, 3.8) is 0 Å². The summed E-state index contributed by atoms with van der Waals surface area (Å²) in [6, 6.07) is 13.7. The van der Waals surface area contributed by atoms with Crippen LogP contribution in [0.15, 0.2) is 47.5 Å². The van der Waals surface area contributed by atoms with Crippen LogP contribution in [-0.2, 0) is 11.3 Å². The number of guanidine groups is 1. The van der Waals surface area contributed by atoms with Crippen LogP contribution in [0.25, 0.3) is 0 Å². The summed E-state index contributed by atoms with van der Waals surface area (Å²) in [4.78, 5) is 20.9. The maximum atomic E-state index is 11.5. The number of carbonyl (C=O) groups excluding carboxylic acids is 1. The first-order valence-electron chi connectivity index (χ1n) is 10.5. The molecule has 1 fully saturated rings. The van der Waals surface area contributed by atoms with Gasteiger partial charge in [-0.3, -0.25) is 4.79 Å². The van der Waals surface area contributed by atoms with Gasteiger partial charge in [0.2, 0.25) is 5.91 Å². The Bertz CT molecular complexity index is 932. The van der Waals surface area contributed by atoms with Gasteiger partial charge < -0.3 is 25.2 Å².